The van der Waals surface area contributed by atoms with E-state index in [-0.39, 0.29) is 30.1 Å². The van der Waals surface area contributed by atoms with Crippen molar-refractivity contribution in [3.8, 4) is 0 Å². The molecule has 2 unspecified atom stereocenters. The van der Waals surface area contributed by atoms with Gasteiger partial charge in [-0.3, -0.25) is 9.59 Å². The van der Waals surface area contributed by atoms with Crippen LogP contribution >= 0.6 is 12.4 Å². The van der Waals surface area contributed by atoms with Crippen molar-refractivity contribution < 1.29 is 9.59 Å². The highest BCUT2D eigenvalue weighted by Gasteiger charge is 2.19. The zero-order chi connectivity index (χ0) is 15.8. The van der Waals surface area contributed by atoms with E-state index in [9.17, 15) is 9.59 Å². The second-order valence-corrected chi connectivity index (χ2v) is 5.23. The third-order valence-electron chi connectivity index (χ3n) is 3.51. The molecule has 0 fully saturated rings. The summed E-state index contributed by atoms with van der Waals surface area (Å²) in [7, 11) is 0. The van der Waals surface area contributed by atoms with Gasteiger partial charge in [-0.25, -0.2) is 0 Å². The van der Waals surface area contributed by atoms with Crippen molar-refractivity contribution >= 4 is 29.9 Å². The van der Waals surface area contributed by atoms with Crippen molar-refractivity contribution in [2.24, 2.45) is 11.7 Å². The van der Waals surface area contributed by atoms with Crippen molar-refractivity contribution in [1.82, 2.24) is 5.32 Å². The number of amides is 2. The van der Waals surface area contributed by atoms with E-state index in [0.717, 1.165) is 12.8 Å². The van der Waals surface area contributed by atoms with E-state index in [1.54, 1.807) is 24.3 Å². The van der Waals surface area contributed by atoms with Crippen LogP contribution in [-0.4, -0.2) is 24.4 Å². The van der Waals surface area contributed by atoms with E-state index < -0.39 is 6.04 Å². The number of nitrogens with two attached hydrogens (primary N) is 1. The summed E-state index contributed by atoms with van der Waals surface area (Å²) in [6.07, 6.45) is 1.75. The van der Waals surface area contributed by atoms with Crippen LogP contribution in [0.15, 0.2) is 24.3 Å². The molecule has 1 rings (SSSR count). The Morgan fingerprint density at radius 3 is 2.27 bits per heavy atom. The first-order chi connectivity index (χ1) is 9.99. The minimum atomic E-state index is -0.525. The first-order valence-corrected chi connectivity index (χ1v) is 7.44. The number of carbonyl (C=O) groups is 2. The zero-order valence-corrected chi connectivity index (χ0v) is 14.2. The van der Waals surface area contributed by atoms with Crippen LogP contribution in [0.1, 0.15) is 44.0 Å². The molecule has 5 nitrogen and oxygen atoms in total. The summed E-state index contributed by atoms with van der Waals surface area (Å²) in [5, 5.41) is 5.57. The molecule has 0 bridgehead atoms. The lowest BCUT2D eigenvalue weighted by molar-refractivity contribution is -0.118. The Bertz CT molecular complexity index is 477. The highest BCUT2D eigenvalue weighted by molar-refractivity contribution is 5.97. The second-order valence-electron chi connectivity index (χ2n) is 5.23. The summed E-state index contributed by atoms with van der Waals surface area (Å²) in [6.45, 7) is 6.60. The van der Waals surface area contributed by atoms with E-state index in [1.807, 2.05) is 20.8 Å². The summed E-state index contributed by atoms with van der Waals surface area (Å²) in [5.74, 6) is -0.178. The molecular formula is C16H26ClN3O2. The van der Waals surface area contributed by atoms with E-state index in [1.165, 1.54) is 0 Å². The lowest BCUT2D eigenvalue weighted by Crippen LogP contribution is -2.40. The maximum Gasteiger partial charge on any atom is 0.251 e. The molecule has 0 aromatic heterocycles. The smallest absolute Gasteiger partial charge is 0.251 e. The summed E-state index contributed by atoms with van der Waals surface area (Å²) < 4.78 is 0. The number of rotatable bonds is 7. The Labute approximate surface area is 138 Å². The van der Waals surface area contributed by atoms with Gasteiger partial charge in [0, 0.05) is 17.8 Å². The lowest BCUT2D eigenvalue weighted by Gasteiger charge is -2.17. The number of carbonyl (C=O) groups excluding carboxylic acids is 2. The molecule has 2 atom stereocenters. The highest BCUT2D eigenvalue weighted by atomic mass is 35.5. The van der Waals surface area contributed by atoms with E-state index in [0.29, 0.717) is 17.8 Å². The van der Waals surface area contributed by atoms with Crippen LogP contribution in [0.4, 0.5) is 5.69 Å². The third-order valence-corrected chi connectivity index (χ3v) is 3.51. The van der Waals surface area contributed by atoms with Gasteiger partial charge in [0.05, 0.1) is 6.04 Å². The molecule has 0 heterocycles. The number of nitrogens with one attached hydrogen (secondary N) is 2. The molecule has 0 spiro atoms. The first-order valence-electron chi connectivity index (χ1n) is 7.44. The second kappa shape index (κ2) is 10.2. The summed E-state index contributed by atoms with van der Waals surface area (Å²) in [6, 6.07) is 6.28. The molecule has 1 aromatic carbocycles. The third kappa shape index (κ3) is 6.03. The molecule has 0 aliphatic carbocycles. The van der Waals surface area contributed by atoms with Crippen molar-refractivity contribution in [1.29, 1.82) is 0 Å². The Balaban J connectivity index is 0.00000441. The largest absolute Gasteiger partial charge is 0.352 e. The van der Waals surface area contributed by atoms with Gasteiger partial charge >= 0.3 is 0 Å². The van der Waals surface area contributed by atoms with Crippen LogP contribution in [0.2, 0.25) is 0 Å². The minimum Gasteiger partial charge on any atom is -0.352 e. The maximum atomic E-state index is 12.0. The predicted molar refractivity (Wildman–Crippen MR) is 92.4 cm³/mol. The fraction of sp³-hybridized carbons (Fsp3) is 0.500. The molecule has 4 N–H and O–H groups in total. The maximum absolute atomic E-state index is 12.0. The van der Waals surface area contributed by atoms with E-state index in [2.05, 4.69) is 10.6 Å². The Hall–Kier alpha value is -1.59. The summed E-state index contributed by atoms with van der Waals surface area (Å²) >= 11 is 0. The summed E-state index contributed by atoms with van der Waals surface area (Å²) in [4.78, 5) is 23.7. The van der Waals surface area contributed by atoms with Crippen LogP contribution in [-0.2, 0) is 4.79 Å². The zero-order valence-electron chi connectivity index (χ0n) is 13.4. The quantitative estimate of drug-likeness (QED) is 0.719. The minimum absolute atomic E-state index is 0. The van der Waals surface area contributed by atoms with Crippen molar-refractivity contribution in [3.05, 3.63) is 29.8 Å². The van der Waals surface area contributed by atoms with Crippen molar-refractivity contribution in [3.63, 3.8) is 0 Å². The molecule has 22 heavy (non-hydrogen) atoms. The fourth-order valence-corrected chi connectivity index (χ4v) is 1.78. The molecular weight excluding hydrogens is 302 g/mol. The standard InChI is InChI=1S/C16H25N3O2.ClH/c1-4-10-18-15(20)12-6-8-13(9-7-12)19-16(21)14(17)11(3)5-2;/h6-9,11,14H,4-5,10,17H2,1-3H3,(H,18,20)(H,19,21);1H. The Morgan fingerprint density at radius 1 is 1.18 bits per heavy atom. The van der Waals surface area contributed by atoms with Crippen LogP contribution in [0.3, 0.4) is 0 Å². The van der Waals surface area contributed by atoms with Gasteiger partial charge in [-0.2, -0.15) is 0 Å². The van der Waals surface area contributed by atoms with Gasteiger partial charge in [-0.1, -0.05) is 27.2 Å². The van der Waals surface area contributed by atoms with Crippen LogP contribution in [0.5, 0.6) is 0 Å². The molecule has 2 amide bonds. The number of hydrogen-bond donors (Lipinski definition) is 3. The van der Waals surface area contributed by atoms with Gasteiger partial charge in [0.2, 0.25) is 5.91 Å². The van der Waals surface area contributed by atoms with Gasteiger partial charge in [0.15, 0.2) is 0 Å². The summed E-state index contributed by atoms with van der Waals surface area (Å²) in [5.41, 5.74) is 7.10. The van der Waals surface area contributed by atoms with Crippen molar-refractivity contribution in [2.45, 2.75) is 39.7 Å². The topological polar surface area (TPSA) is 84.2 Å². The number of anilines is 1. The molecule has 0 radical (unpaired) electrons. The molecule has 0 saturated carbocycles. The van der Waals surface area contributed by atoms with Gasteiger partial charge in [-0.15, -0.1) is 12.4 Å². The molecule has 1 aromatic rings. The average Bonchev–Trinajstić information content (AvgIpc) is 2.51. The normalized spacial score (nSPS) is 12.7. The molecule has 6 heteroatoms. The van der Waals surface area contributed by atoms with Crippen LogP contribution < -0.4 is 16.4 Å². The first kappa shape index (κ1) is 20.4. The van der Waals surface area contributed by atoms with Gasteiger partial charge in [-0.05, 0) is 36.6 Å². The molecule has 124 valence electrons. The molecule has 0 saturated heterocycles. The highest BCUT2D eigenvalue weighted by Crippen LogP contribution is 2.12. The van der Waals surface area contributed by atoms with Crippen LogP contribution in [0.25, 0.3) is 0 Å². The average molecular weight is 328 g/mol. The van der Waals surface area contributed by atoms with E-state index >= 15 is 0 Å². The SMILES string of the molecule is CCCNC(=O)c1ccc(NC(=O)C(N)C(C)CC)cc1.Cl. The fourth-order valence-electron chi connectivity index (χ4n) is 1.78. The van der Waals surface area contributed by atoms with E-state index in [4.69, 9.17) is 5.73 Å². The number of halogens is 1. The monoisotopic (exact) mass is 327 g/mol. The number of hydrogen-bond acceptors (Lipinski definition) is 3. The molecule has 0 aliphatic rings. The van der Waals surface area contributed by atoms with Gasteiger partial charge < -0.3 is 16.4 Å². The van der Waals surface area contributed by atoms with Gasteiger partial charge in [0.25, 0.3) is 5.91 Å². The number of benzene rings is 1. The van der Waals surface area contributed by atoms with Crippen LogP contribution in [0, 0.1) is 5.92 Å². The van der Waals surface area contributed by atoms with Gasteiger partial charge in [0.1, 0.15) is 0 Å². The lowest BCUT2D eigenvalue weighted by atomic mass is 9.99. The molecule has 0 aliphatic heterocycles. The Kier molecular flexibility index (Phi) is 9.45. The van der Waals surface area contributed by atoms with Crippen molar-refractivity contribution in [2.75, 3.05) is 11.9 Å². The Morgan fingerprint density at radius 2 is 1.77 bits per heavy atom. The predicted octanol–water partition coefficient (Wildman–Crippen LogP) is 2.56.